The maximum absolute atomic E-state index is 12.2. The number of esters is 1. The van der Waals surface area contributed by atoms with Crippen molar-refractivity contribution in [3.05, 3.63) is 94.2 Å². The van der Waals surface area contributed by atoms with Gasteiger partial charge in [-0.3, -0.25) is 9.88 Å². The largest absolute Gasteiger partial charge is 0.473 e. The number of ether oxygens (including phenoxy) is 3. The van der Waals surface area contributed by atoms with E-state index in [-0.39, 0.29) is 12.1 Å². The minimum Gasteiger partial charge on any atom is -0.473 e. The average molecular weight is 606 g/mol. The molecule has 5 heterocycles. The number of hydrogen-bond acceptors (Lipinski definition) is 8. The molecule has 0 saturated carbocycles. The molecule has 1 unspecified atom stereocenters. The van der Waals surface area contributed by atoms with Gasteiger partial charge in [-0.2, -0.15) is 0 Å². The Morgan fingerprint density at radius 1 is 1.04 bits per heavy atom. The molecule has 232 valence electrons. The van der Waals surface area contributed by atoms with Crippen molar-refractivity contribution in [3.63, 3.8) is 0 Å². The zero-order valence-electron chi connectivity index (χ0n) is 25.9. The minimum atomic E-state index is -0.340. The first-order valence-corrected chi connectivity index (χ1v) is 15.9. The first-order chi connectivity index (χ1) is 22.0. The van der Waals surface area contributed by atoms with E-state index in [1.165, 1.54) is 12.7 Å². The molecule has 1 aliphatic carbocycles. The summed E-state index contributed by atoms with van der Waals surface area (Å²) in [6.45, 7) is 6.72. The lowest BCUT2D eigenvalue weighted by Gasteiger charge is -2.32. The van der Waals surface area contributed by atoms with E-state index in [9.17, 15) is 4.79 Å². The van der Waals surface area contributed by atoms with E-state index in [0.29, 0.717) is 24.0 Å². The van der Waals surface area contributed by atoms with Crippen molar-refractivity contribution in [2.75, 3.05) is 33.4 Å². The number of imidazole rings is 1. The Morgan fingerprint density at radius 3 is 2.71 bits per heavy atom. The molecule has 0 N–H and O–H groups in total. The summed E-state index contributed by atoms with van der Waals surface area (Å²) in [5.41, 5.74) is 7.82. The highest BCUT2D eigenvalue weighted by molar-refractivity contribution is 5.93. The van der Waals surface area contributed by atoms with Gasteiger partial charge in [0, 0.05) is 35.5 Å². The standard InChI is InChI=1S/C36H39N5O4/c1-24-9-10-27-19-25(5-3-6-31(27)37-24)23-45-35-8-4-7-30(39-35)26-13-16-40(17-14-26)22-34-38-32-12-11-28(36(42)43-2)20-33(32)41(34)21-29-15-18-44-29/h3-4,6-12,19-20,26,29H,5,13-18,21-23H2,1-2H3. The molecular weight excluding hydrogens is 566 g/mol. The Labute approximate surface area is 263 Å². The second kappa shape index (κ2) is 12.9. The summed E-state index contributed by atoms with van der Waals surface area (Å²) in [6, 6.07) is 15.9. The monoisotopic (exact) mass is 605 g/mol. The number of allylic oxidation sites excluding steroid dienone is 1. The van der Waals surface area contributed by atoms with E-state index in [1.807, 2.05) is 31.2 Å². The number of nitrogens with zero attached hydrogens (tertiary/aromatic N) is 5. The molecule has 2 aliphatic heterocycles. The van der Waals surface area contributed by atoms with Crippen LogP contribution >= 0.6 is 0 Å². The summed E-state index contributed by atoms with van der Waals surface area (Å²) >= 11 is 0. The summed E-state index contributed by atoms with van der Waals surface area (Å²) in [4.78, 5) is 29.2. The van der Waals surface area contributed by atoms with Crippen LogP contribution in [0.25, 0.3) is 23.2 Å². The van der Waals surface area contributed by atoms with Crippen LogP contribution in [0, 0.1) is 6.92 Å². The predicted molar refractivity (Wildman–Crippen MR) is 173 cm³/mol. The van der Waals surface area contributed by atoms with E-state index < -0.39 is 0 Å². The molecule has 2 saturated heterocycles. The van der Waals surface area contributed by atoms with Gasteiger partial charge in [0.1, 0.15) is 12.4 Å². The van der Waals surface area contributed by atoms with Crippen LogP contribution in [0.1, 0.15) is 70.4 Å². The van der Waals surface area contributed by atoms with Gasteiger partial charge in [0.2, 0.25) is 5.88 Å². The van der Waals surface area contributed by atoms with Gasteiger partial charge in [0.05, 0.1) is 48.6 Å². The second-order valence-electron chi connectivity index (χ2n) is 12.2. The van der Waals surface area contributed by atoms with Crippen LogP contribution in [0.2, 0.25) is 0 Å². The fourth-order valence-corrected chi connectivity index (χ4v) is 6.41. The molecule has 0 amide bonds. The van der Waals surface area contributed by atoms with E-state index in [0.717, 1.165) is 98.0 Å². The van der Waals surface area contributed by atoms with Crippen molar-refractivity contribution in [3.8, 4) is 5.88 Å². The maximum Gasteiger partial charge on any atom is 0.337 e. The predicted octanol–water partition coefficient (Wildman–Crippen LogP) is 5.97. The lowest BCUT2D eigenvalue weighted by molar-refractivity contribution is -0.0592. The van der Waals surface area contributed by atoms with Gasteiger partial charge in [-0.05, 0) is 93.8 Å². The van der Waals surface area contributed by atoms with Crippen molar-refractivity contribution in [1.82, 2.24) is 24.4 Å². The first kappa shape index (κ1) is 29.4. The summed E-state index contributed by atoms with van der Waals surface area (Å²) in [7, 11) is 1.41. The van der Waals surface area contributed by atoms with Crippen LogP contribution in [-0.2, 0) is 22.6 Å². The molecule has 4 aromatic rings. The van der Waals surface area contributed by atoms with Crippen LogP contribution < -0.4 is 4.74 Å². The summed E-state index contributed by atoms with van der Waals surface area (Å²) in [5.74, 6) is 1.72. The lowest BCUT2D eigenvalue weighted by atomic mass is 9.93. The average Bonchev–Trinajstić information content (AvgIpc) is 3.24. The van der Waals surface area contributed by atoms with Crippen molar-refractivity contribution in [2.45, 2.75) is 57.7 Å². The van der Waals surface area contributed by atoms with Crippen LogP contribution in [0.4, 0.5) is 0 Å². The Balaban J connectivity index is 0.992. The molecule has 1 atom stereocenters. The third-order valence-electron chi connectivity index (χ3n) is 9.06. The number of benzene rings is 1. The van der Waals surface area contributed by atoms with E-state index in [2.05, 4.69) is 50.9 Å². The number of likely N-dealkylation sites (tertiary alicyclic amines) is 1. The zero-order chi connectivity index (χ0) is 30.8. The number of carbonyl (C=O) groups excluding carboxylic acids is 1. The summed E-state index contributed by atoms with van der Waals surface area (Å²) < 4.78 is 19.2. The number of piperidine rings is 1. The lowest BCUT2D eigenvalue weighted by Crippen LogP contribution is -2.35. The van der Waals surface area contributed by atoms with Crippen molar-refractivity contribution >= 4 is 29.2 Å². The number of pyridine rings is 2. The molecule has 3 aliphatic rings. The molecular formula is C36H39N5O4. The Bertz CT molecular complexity index is 1760. The summed E-state index contributed by atoms with van der Waals surface area (Å²) in [5, 5.41) is 0. The van der Waals surface area contributed by atoms with E-state index >= 15 is 0 Å². The van der Waals surface area contributed by atoms with Gasteiger partial charge in [0.25, 0.3) is 0 Å². The third kappa shape index (κ3) is 6.55. The van der Waals surface area contributed by atoms with Crippen molar-refractivity contribution < 1.29 is 19.0 Å². The molecule has 2 fully saturated rings. The molecule has 45 heavy (non-hydrogen) atoms. The fourth-order valence-electron chi connectivity index (χ4n) is 6.41. The topological polar surface area (TPSA) is 91.6 Å². The normalized spacial score (nSPS) is 18.6. The highest BCUT2D eigenvalue weighted by Gasteiger charge is 2.26. The van der Waals surface area contributed by atoms with Crippen molar-refractivity contribution in [2.24, 2.45) is 0 Å². The molecule has 0 bridgehead atoms. The van der Waals surface area contributed by atoms with Crippen LogP contribution in [0.3, 0.4) is 0 Å². The molecule has 3 aromatic heterocycles. The maximum atomic E-state index is 12.2. The fraction of sp³-hybridized carbons (Fsp3) is 0.389. The van der Waals surface area contributed by atoms with Gasteiger partial charge in [-0.25, -0.2) is 14.8 Å². The van der Waals surface area contributed by atoms with Crippen LogP contribution in [0.15, 0.2) is 60.2 Å². The van der Waals surface area contributed by atoms with E-state index in [1.54, 1.807) is 6.07 Å². The van der Waals surface area contributed by atoms with E-state index in [4.69, 9.17) is 24.2 Å². The Hall–Kier alpha value is -4.34. The number of rotatable bonds is 9. The molecule has 0 spiro atoms. The number of hydrogen-bond donors (Lipinski definition) is 0. The van der Waals surface area contributed by atoms with Crippen molar-refractivity contribution in [1.29, 1.82) is 0 Å². The second-order valence-corrected chi connectivity index (χ2v) is 12.2. The third-order valence-corrected chi connectivity index (χ3v) is 9.06. The summed E-state index contributed by atoms with van der Waals surface area (Å²) in [6.07, 6.45) is 10.5. The van der Waals surface area contributed by atoms with Crippen LogP contribution in [0.5, 0.6) is 5.88 Å². The zero-order valence-corrected chi connectivity index (χ0v) is 25.9. The Morgan fingerprint density at radius 2 is 1.91 bits per heavy atom. The molecule has 1 aromatic carbocycles. The highest BCUT2D eigenvalue weighted by Crippen LogP contribution is 2.30. The molecule has 0 radical (unpaired) electrons. The Kier molecular flexibility index (Phi) is 8.45. The first-order valence-electron chi connectivity index (χ1n) is 15.9. The highest BCUT2D eigenvalue weighted by atomic mass is 16.5. The van der Waals surface area contributed by atoms with Gasteiger partial charge < -0.3 is 18.8 Å². The number of methoxy groups -OCH3 is 1. The molecule has 9 nitrogen and oxygen atoms in total. The molecule has 9 heteroatoms. The van der Waals surface area contributed by atoms with Gasteiger partial charge in [-0.1, -0.05) is 18.2 Å². The van der Waals surface area contributed by atoms with Gasteiger partial charge in [0.15, 0.2) is 0 Å². The van der Waals surface area contributed by atoms with Gasteiger partial charge >= 0.3 is 5.97 Å². The quantitative estimate of drug-likeness (QED) is 0.216. The number of fused-ring (bicyclic) bond motifs is 2. The van der Waals surface area contributed by atoms with Gasteiger partial charge in [-0.15, -0.1) is 0 Å². The number of aryl methyl sites for hydroxylation is 1. The molecule has 7 rings (SSSR count). The van der Waals surface area contributed by atoms with Crippen LogP contribution in [-0.4, -0.2) is 69.9 Å². The number of aromatic nitrogens is 4. The smallest absolute Gasteiger partial charge is 0.337 e. The minimum absolute atomic E-state index is 0.182. The number of carbonyl (C=O) groups is 1. The SMILES string of the molecule is COC(=O)c1ccc2nc(CN3CCC(c4cccc(OCC5=Cc6ccc(C)nc6C=CC5)n4)CC3)n(CC3CCO3)c2c1.